The second-order valence-electron chi connectivity index (χ2n) is 4.30. The standard InChI is InChI=1S/C13H20N2O/c1-5-10(2)8-12-6-7-14-9-13(12)15(4)11(3)16/h6-7,9-10H,5,8H2,1-4H3. The number of rotatable bonds is 4. The van der Waals surface area contributed by atoms with Gasteiger partial charge in [0.1, 0.15) is 0 Å². The van der Waals surface area contributed by atoms with Crippen LogP contribution in [0.25, 0.3) is 0 Å². The monoisotopic (exact) mass is 220 g/mol. The topological polar surface area (TPSA) is 33.2 Å². The van der Waals surface area contributed by atoms with Gasteiger partial charge in [0, 0.05) is 20.2 Å². The Morgan fingerprint density at radius 2 is 2.25 bits per heavy atom. The third-order valence-corrected chi connectivity index (χ3v) is 2.99. The van der Waals surface area contributed by atoms with E-state index in [-0.39, 0.29) is 5.91 Å². The third-order valence-electron chi connectivity index (χ3n) is 2.99. The fourth-order valence-corrected chi connectivity index (χ4v) is 1.58. The van der Waals surface area contributed by atoms with Gasteiger partial charge in [0.15, 0.2) is 0 Å². The van der Waals surface area contributed by atoms with Crippen LogP contribution in [0.15, 0.2) is 18.5 Å². The molecule has 1 atom stereocenters. The normalized spacial score (nSPS) is 12.2. The number of pyridine rings is 1. The molecule has 0 N–H and O–H groups in total. The predicted octanol–water partition coefficient (Wildman–Crippen LogP) is 2.65. The molecule has 0 saturated heterocycles. The summed E-state index contributed by atoms with van der Waals surface area (Å²) >= 11 is 0. The molecule has 0 spiro atoms. The van der Waals surface area contributed by atoms with Crippen LogP contribution in [0.2, 0.25) is 0 Å². The van der Waals surface area contributed by atoms with Gasteiger partial charge in [-0.3, -0.25) is 9.78 Å². The van der Waals surface area contributed by atoms with Crippen molar-refractivity contribution in [2.45, 2.75) is 33.6 Å². The van der Waals surface area contributed by atoms with E-state index in [1.165, 1.54) is 5.56 Å². The summed E-state index contributed by atoms with van der Waals surface area (Å²) in [7, 11) is 1.79. The van der Waals surface area contributed by atoms with E-state index in [4.69, 9.17) is 0 Å². The lowest BCUT2D eigenvalue weighted by Gasteiger charge is -2.20. The minimum absolute atomic E-state index is 0.0402. The molecule has 0 saturated carbocycles. The van der Waals surface area contributed by atoms with Gasteiger partial charge in [-0.05, 0) is 24.0 Å². The summed E-state index contributed by atoms with van der Waals surface area (Å²) in [4.78, 5) is 17.1. The van der Waals surface area contributed by atoms with Crippen molar-refractivity contribution in [2.24, 2.45) is 5.92 Å². The first kappa shape index (κ1) is 12.7. The number of hydrogen-bond donors (Lipinski definition) is 0. The Morgan fingerprint density at radius 3 is 2.81 bits per heavy atom. The lowest BCUT2D eigenvalue weighted by molar-refractivity contribution is -0.116. The number of carbonyl (C=O) groups is 1. The SMILES string of the molecule is CCC(C)Cc1ccncc1N(C)C(C)=O. The van der Waals surface area contributed by atoms with Gasteiger partial charge < -0.3 is 4.90 Å². The second-order valence-corrected chi connectivity index (χ2v) is 4.30. The number of hydrogen-bond acceptors (Lipinski definition) is 2. The van der Waals surface area contributed by atoms with Crippen LogP contribution in [0.5, 0.6) is 0 Å². The van der Waals surface area contributed by atoms with Crippen molar-refractivity contribution in [3.63, 3.8) is 0 Å². The molecule has 1 amide bonds. The van der Waals surface area contributed by atoms with Crippen LogP contribution in [0, 0.1) is 5.92 Å². The zero-order chi connectivity index (χ0) is 12.1. The second kappa shape index (κ2) is 5.64. The van der Waals surface area contributed by atoms with Crippen LogP contribution in [-0.2, 0) is 11.2 Å². The maximum Gasteiger partial charge on any atom is 0.223 e. The maximum absolute atomic E-state index is 11.3. The van der Waals surface area contributed by atoms with Crippen molar-refractivity contribution in [1.29, 1.82) is 0 Å². The van der Waals surface area contributed by atoms with Crippen LogP contribution in [-0.4, -0.2) is 17.9 Å². The molecule has 1 aromatic heterocycles. The zero-order valence-electron chi connectivity index (χ0n) is 10.5. The maximum atomic E-state index is 11.3. The summed E-state index contributed by atoms with van der Waals surface area (Å²) in [6, 6.07) is 2.00. The quantitative estimate of drug-likeness (QED) is 0.781. The molecule has 0 aliphatic rings. The lowest BCUT2D eigenvalue weighted by atomic mass is 9.98. The molecule has 16 heavy (non-hydrogen) atoms. The summed E-state index contributed by atoms with van der Waals surface area (Å²) in [5.41, 5.74) is 2.12. The Labute approximate surface area is 97.5 Å². The fraction of sp³-hybridized carbons (Fsp3) is 0.538. The molecule has 3 heteroatoms. The van der Waals surface area contributed by atoms with Gasteiger partial charge in [-0.15, -0.1) is 0 Å². The number of carbonyl (C=O) groups excluding carboxylic acids is 1. The Bertz CT molecular complexity index is 363. The van der Waals surface area contributed by atoms with E-state index in [0.717, 1.165) is 18.5 Å². The molecular formula is C13H20N2O. The molecule has 0 fully saturated rings. The van der Waals surface area contributed by atoms with E-state index in [0.29, 0.717) is 5.92 Å². The van der Waals surface area contributed by atoms with Crippen LogP contribution >= 0.6 is 0 Å². The number of aromatic nitrogens is 1. The smallest absolute Gasteiger partial charge is 0.223 e. The first-order valence-electron chi connectivity index (χ1n) is 5.73. The fourth-order valence-electron chi connectivity index (χ4n) is 1.58. The molecular weight excluding hydrogens is 200 g/mol. The molecule has 0 aliphatic heterocycles. The van der Waals surface area contributed by atoms with Crippen molar-refractivity contribution >= 4 is 11.6 Å². The minimum Gasteiger partial charge on any atom is -0.314 e. The zero-order valence-corrected chi connectivity index (χ0v) is 10.5. The van der Waals surface area contributed by atoms with Crippen molar-refractivity contribution in [3.05, 3.63) is 24.0 Å². The predicted molar refractivity (Wildman–Crippen MR) is 66.5 cm³/mol. The molecule has 1 heterocycles. The Morgan fingerprint density at radius 1 is 1.56 bits per heavy atom. The van der Waals surface area contributed by atoms with Crippen molar-refractivity contribution in [2.75, 3.05) is 11.9 Å². The highest BCUT2D eigenvalue weighted by Crippen LogP contribution is 2.22. The number of anilines is 1. The van der Waals surface area contributed by atoms with E-state index in [1.807, 2.05) is 6.07 Å². The summed E-state index contributed by atoms with van der Waals surface area (Å²) in [5.74, 6) is 0.667. The molecule has 1 rings (SSSR count). The van der Waals surface area contributed by atoms with E-state index >= 15 is 0 Å². The Hall–Kier alpha value is -1.38. The van der Waals surface area contributed by atoms with Gasteiger partial charge in [-0.1, -0.05) is 20.3 Å². The lowest BCUT2D eigenvalue weighted by Crippen LogP contribution is -2.24. The largest absolute Gasteiger partial charge is 0.314 e. The Kier molecular flexibility index (Phi) is 4.47. The first-order valence-corrected chi connectivity index (χ1v) is 5.73. The molecule has 88 valence electrons. The Balaban J connectivity index is 2.95. The van der Waals surface area contributed by atoms with E-state index < -0.39 is 0 Å². The van der Waals surface area contributed by atoms with E-state index in [2.05, 4.69) is 18.8 Å². The summed E-state index contributed by atoms with van der Waals surface area (Å²) in [5, 5.41) is 0. The van der Waals surface area contributed by atoms with Gasteiger partial charge in [0.2, 0.25) is 5.91 Å². The average Bonchev–Trinajstić information content (AvgIpc) is 2.28. The molecule has 0 radical (unpaired) electrons. The van der Waals surface area contributed by atoms with Crippen molar-refractivity contribution in [3.8, 4) is 0 Å². The van der Waals surface area contributed by atoms with Crippen molar-refractivity contribution < 1.29 is 4.79 Å². The van der Waals surface area contributed by atoms with Crippen molar-refractivity contribution in [1.82, 2.24) is 4.98 Å². The van der Waals surface area contributed by atoms with Crippen LogP contribution < -0.4 is 4.90 Å². The highest BCUT2D eigenvalue weighted by Gasteiger charge is 2.12. The van der Waals surface area contributed by atoms with Gasteiger partial charge in [0.25, 0.3) is 0 Å². The average molecular weight is 220 g/mol. The molecule has 0 aliphatic carbocycles. The minimum atomic E-state index is 0.0402. The number of nitrogens with zero attached hydrogens (tertiary/aromatic N) is 2. The number of amides is 1. The molecule has 0 aromatic carbocycles. The van der Waals surface area contributed by atoms with Gasteiger partial charge in [-0.2, -0.15) is 0 Å². The molecule has 1 unspecified atom stereocenters. The van der Waals surface area contributed by atoms with Crippen LogP contribution in [0.1, 0.15) is 32.8 Å². The summed E-state index contributed by atoms with van der Waals surface area (Å²) in [6.07, 6.45) is 5.69. The summed E-state index contributed by atoms with van der Waals surface area (Å²) < 4.78 is 0. The van der Waals surface area contributed by atoms with E-state index in [1.54, 1.807) is 31.3 Å². The summed E-state index contributed by atoms with van der Waals surface area (Å²) in [6.45, 7) is 5.97. The third kappa shape index (κ3) is 3.05. The molecule has 0 bridgehead atoms. The molecule has 3 nitrogen and oxygen atoms in total. The first-order chi connectivity index (χ1) is 7.56. The van der Waals surface area contributed by atoms with Crippen LogP contribution in [0.3, 0.4) is 0 Å². The van der Waals surface area contributed by atoms with Gasteiger partial charge in [0.05, 0.1) is 11.9 Å². The van der Waals surface area contributed by atoms with E-state index in [9.17, 15) is 4.79 Å². The van der Waals surface area contributed by atoms with Crippen LogP contribution in [0.4, 0.5) is 5.69 Å². The van der Waals surface area contributed by atoms with Gasteiger partial charge >= 0.3 is 0 Å². The highest BCUT2D eigenvalue weighted by atomic mass is 16.2. The van der Waals surface area contributed by atoms with Gasteiger partial charge in [-0.25, -0.2) is 0 Å². The molecule has 1 aromatic rings. The highest BCUT2D eigenvalue weighted by molar-refractivity contribution is 5.91.